The molecule has 0 spiro atoms. The summed E-state index contributed by atoms with van der Waals surface area (Å²) in [6.07, 6.45) is 6.63. The molecule has 190 valence electrons. The molecule has 0 unspecified atom stereocenters. The number of fused-ring (bicyclic) bond motifs is 1. The Morgan fingerprint density at radius 3 is 2.47 bits per heavy atom. The molecule has 0 amide bonds. The summed E-state index contributed by atoms with van der Waals surface area (Å²) in [4.78, 5) is 39.0. The minimum absolute atomic E-state index is 0.0238. The number of sulfonamides is 1. The van der Waals surface area contributed by atoms with Gasteiger partial charge in [-0.3, -0.25) is 14.2 Å². The lowest BCUT2D eigenvalue weighted by molar-refractivity contribution is 0.0730. The molecule has 3 aromatic rings. The van der Waals surface area contributed by atoms with Crippen LogP contribution < -0.4 is 10.9 Å². The quantitative estimate of drug-likeness (QED) is 0.494. The first-order valence-electron chi connectivity index (χ1n) is 12.0. The van der Waals surface area contributed by atoms with E-state index in [4.69, 9.17) is 4.74 Å². The fourth-order valence-corrected chi connectivity index (χ4v) is 6.32. The monoisotopic (exact) mass is 512 g/mol. The van der Waals surface area contributed by atoms with Crippen molar-refractivity contribution in [2.75, 3.05) is 31.6 Å². The van der Waals surface area contributed by atoms with Gasteiger partial charge in [0.25, 0.3) is 5.56 Å². The van der Waals surface area contributed by atoms with Gasteiger partial charge in [0.1, 0.15) is 16.4 Å². The molecule has 11 nitrogen and oxygen atoms in total. The van der Waals surface area contributed by atoms with Gasteiger partial charge in [-0.25, -0.2) is 18.4 Å². The van der Waals surface area contributed by atoms with Crippen molar-refractivity contribution in [3.8, 4) is 0 Å². The van der Waals surface area contributed by atoms with E-state index in [9.17, 15) is 18.0 Å². The van der Waals surface area contributed by atoms with E-state index < -0.39 is 10.0 Å². The van der Waals surface area contributed by atoms with Crippen LogP contribution in [-0.2, 0) is 14.8 Å². The standard InChI is InChI=1S/C24H28N6O5S/c1-15-19-14-26-24(28-22(19)30(17-5-3-4-6-17)23(32)21(15)16(2)31)27-20-8-7-18(13-25-20)36(33,34)29-9-11-35-12-10-29/h7-8,13-14,17H,3-6,9-12H2,1-2H3,(H,25,26,27,28). The second-order valence-corrected chi connectivity index (χ2v) is 11.1. The van der Waals surface area contributed by atoms with E-state index in [1.165, 1.54) is 23.5 Å². The molecule has 1 N–H and O–H groups in total. The Morgan fingerprint density at radius 2 is 1.83 bits per heavy atom. The summed E-state index contributed by atoms with van der Waals surface area (Å²) in [6.45, 7) is 4.49. The molecule has 36 heavy (non-hydrogen) atoms. The van der Waals surface area contributed by atoms with Crippen molar-refractivity contribution >= 4 is 38.6 Å². The summed E-state index contributed by atoms with van der Waals surface area (Å²) in [5.41, 5.74) is 0.898. The summed E-state index contributed by atoms with van der Waals surface area (Å²) in [5, 5.41) is 3.65. The summed E-state index contributed by atoms with van der Waals surface area (Å²) in [7, 11) is -3.65. The number of morpholine rings is 1. The highest BCUT2D eigenvalue weighted by molar-refractivity contribution is 7.89. The van der Waals surface area contributed by atoms with Crippen LogP contribution in [0.15, 0.2) is 34.2 Å². The number of hydrogen-bond acceptors (Lipinski definition) is 9. The number of anilines is 2. The molecule has 2 fully saturated rings. The van der Waals surface area contributed by atoms with Gasteiger partial charge in [0.2, 0.25) is 16.0 Å². The molecule has 0 atom stereocenters. The predicted molar refractivity (Wildman–Crippen MR) is 133 cm³/mol. The summed E-state index contributed by atoms with van der Waals surface area (Å²) in [5.74, 6) is 0.312. The normalized spacial score (nSPS) is 17.5. The van der Waals surface area contributed by atoms with E-state index in [1.807, 2.05) is 0 Å². The molecule has 2 aliphatic rings. The summed E-state index contributed by atoms with van der Waals surface area (Å²) >= 11 is 0. The van der Waals surface area contributed by atoms with Crippen LogP contribution in [0.4, 0.5) is 11.8 Å². The number of ether oxygens (including phenoxy) is 1. The highest BCUT2D eigenvalue weighted by Gasteiger charge is 2.27. The van der Waals surface area contributed by atoms with Gasteiger partial charge in [-0.2, -0.15) is 9.29 Å². The largest absolute Gasteiger partial charge is 0.379 e. The smallest absolute Gasteiger partial charge is 0.263 e. The van der Waals surface area contributed by atoms with Gasteiger partial charge in [0.15, 0.2) is 5.78 Å². The molecule has 0 radical (unpaired) electrons. The minimum atomic E-state index is -3.65. The number of ketones is 1. The lowest BCUT2D eigenvalue weighted by Crippen LogP contribution is -2.40. The van der Waals surface area contributed by atoms with E-state index >= 15 is 0 Å². The van der Waals surface area contributed by atoms with Crippen molar-refractivity contribution in [3.63, 3.8) is 0 Å². The molecule has 1 saturated carbocycles. The van der Waals surface area contributed by atoms with Crippen molar-refractivity contribution in [1.82, 2.24) is 23.8 Å². The Labute approximate surface area is 208 Å². The molecular formula is C24H28N6O5S. The molecule has 0 aromatic carbocycles. The number of aromatic nitrogens is 4. The number of nitrogens with one attached hydrogen (secondary N) is 1. The first kappa shape index (κ1) is 24.5. The second kappa shape index (κ2) is 9.68. The molecule has 5 rings (SSSR count). The molecule has 1 saturated heterocycles. The van der Waals surface area contributed by atoms with Gasteiger partial charge in [0.05, 0.1) is 18.8 Å². The zero-order valence-electron chi connectivity index (χ0n) is 20.2. The average Bonchev–Trinajstić information content (AvgIpc) is 3.39. The number of hydrogen-bond donors (Lipinski definition) is 1. The van der Waals surface area contributed by atoms with Gasteiger partial charge in [-0.05, 0) is 44.4 Å². The number of carbonyl (C=O) groups is 1. The van der Waals surface area contributed by atoms with Crippen LogP contribution in [0.5, 0.6) is 0 Å². The molecular weight excluding hydrogens is 484 g/mol. The Balaban J connectivity index is 1.49. The Kier molecular flexibility index (Phi) is 6.58. The van der Waals surface area contributed by atoms with Gasteiger partial charge in [0, 0.05) is 36.9 Å². The number of aryl methyl sites for hydroxylation is 1. The Bertz CT molecular complexity index is 1470. The van der Waals surface area contributed by atoms with E-state index in [-0.39, 0.29) is 33.8 Å². The first-order chi connectivity index (χ1) is 17.3. The molecule has 1 aliphatic carbocycles. The molecule has 0 bridgehead atoms. The van der Waals surface area contributed by atoms with Crippen LogP contribution in [0.2, 0.25) is 0 Å². The zero-order valence-corrected chi connectivity index (χ0v) is 21.0. The fraction of sp³-hybridized carbons (Fsp3) is 0.458. The first-order valence-corrected chi connectivity index (χ1v) is 13.4. The maximum Gasteiger partial charge on any atom is 0.263 e. The molecule has 12 heteroatoms. The number of nitrogens with zero attached hydrogens (tertiary/aromatic N) is 5. The summed E-state index contributed by atoms with van der Waals surface area (Å²) in [6, 6.07) is 3.01. The third-order valence-electron chi connectivity index (χ3n) is 6.83. The Morgan fingerprint density at radius 1 is 1.11 bits per heavy atom. The van der Waals surface area contributed by atoms with Gasteiger partial charge >= 0.3 is 0 Å². The van der Waals surface area contributed by atoms with Crippen LogP contribution in [0.1, 0.15) is 54.6 Å². The third kappa shape index (κ3) is 4.40. The van der Waals surface area contributed by atoms with Crippen molar-refractivity contribution < 1.29 is 17.9 Å². The van der Waals surface area contributed by atoms with Gasteiger partial charge in [-0.1, -0.05) is 12.8 Å². The van der Waals surface area contributed by atoms with Crippen LogP contribution in [0, 0.1) is 6.92 Å². The zero-order chi connectivity index (χ0) is 25.4. The van der Waals surface area contributed by atoms with E-state index in [1.54, 1.807) is 23.8 Å². The maximum absolute atomic E-state index is 13.3. The van der Waals surface area contributed by atoms with Crippen LogP contribution in [-0.4, -0.2) is 64.3 Å². The fourth-order valence-electron chi connectivity index (χ4n) is 4.97. The molecule has 4 heterocycles. The second-order valence-electron chi connectivity index (χ2n) is 9.12. The van der Waals surface area contributed by atoms with Gasteiger partial charge in [-0.15, -0.1) is 0 Å². The molecule has 3 aromatic heterocycles. The highest BCUT2D eigenvalue weighted by Crippen LogP contribution is 2.32. The number of carbonyl (C=O) groups excluding carboxylic acids is 1. The maximum atomic E-state index is 13.3. The van der Waals surface area contributed by atoms with Crippen molar-refractivity contribution in [2.24, 2.45) is 0 Å². The number of Topliss-reactive ketones (excluding diaryl/α,β-unsaturated/α-hetero) is 1. The lowest BCUT2D eigenvalue weighted by Gasteiger charge is -2.25. The minimum Gasteiger partial charge on any atom is -0.379 e. The number of pyridine rings is 2. The van der Waals surface area contributed by atoms with Crippen LogP contribution in [0.3, 0.4) is 0 Å². The van der Waals surface area contributed by atoms with E-state index in [0.717, 1.165) is 25.7 Å². The van der Waals surface area contributed by atoms with Gasteiger partial charge < -0.3 is 10.1 Å². The lowest BCUT2D eigenvalue weighted by atomic mass is 10.0. The SMILES string of the molecule is CC(=O)c1c(C)c2cnc(Nc3ccc(S(=O)(=O)N4CCOCC4)cn3)nc2n(C2CCCC2)c1=O. The van der Waals surface area contributed by atoms with E-state index in [2.05, 4.69) is 20.3 Å². The van der Waals surface area contributed by atoms with Crippen molar-refractivity contribution in [3.05, 3.63) is 46.0 Å². The summed E-state index contributed by atoms with van der Waals surface area (Å²) < 4.78 is 33.9. The Hall–Kier alpha value is -3.22. The number of rotatable bonds is 6. The van der Waals surface area contributed by atoms with Crippen molar-refractivity contribution in [2.45, 2.75) is 50.5 Å². The highest BCUT2D eigenvalue weighted by atomic mass is 32.2. The van der Waals surface area contributed by atoms with E-state index in [0.29, 0.717) is 48.7 Å². The topological polar surface area (TPSA) is 136 Å². The van der Waals surface area contributed by atoms with Crippen LogP contribution >= 0.6 is 0 Å². The van der Waals surface area contributed by atoms with Crippen LogP contribution in [0.25, 0.3) is 11.0 Å². The third-order valence-corrected chi connectivity index (χ3v) is 8.72. The predicted octanol–water partition coefficient (Wildman–Crippen LogP) is 2.58. The molecule has 1 aliphatic heterocycles. The average molecular weight is 513 g/mol. The van der Waals surface area contributed by atoms with Crippen molar-refractivity contribution in [1.29, 1.82) is 0 Å².